The van der Waals surface area contributed by atoms with Crippen molar-refractivity contribution in [1.29, 1.82) is 0 Å². The van der Waals surface area contributed by atoms with Gasteiger partial charge in [-0.3, -0.25) is 9.69 Å². The van der Waals surface area contributed by atoms with Crippen molar-refractivity contribution in [1.82, 2.24) is 19.9 Å². The van der Waals surface area contributed by atoms with Crippen LogP contribution >= 0.6 is 0 Å². The molecule has 4 rings (SSSR count). The summed E-state index contributed by atoms with van der Waals surface area (Å²) in [5.74, 6) is 1.12. The predicted molar refractivity (Wildman–Crippen MR) is 76.9 cm³/mol. The smallest absolute Gasteiger partial charge is 0.249 e. The fourth-order valence-corrected chi connectivity index (χ4v) is 3.83. The highest BCUT2D eigenvalue weighted by Crippen LogP contribution is 2.37. The van der Waals surface area contributed by atoms with Crippen LogP contribution < -0.4 is 0 Å². The van der Waals surface area contributed by atoms with Crippen LogP contribution in [0.15, 0.2) is 4.52 Å². The molecule has 0 radical (unpaired) electrons. The zero-order chi connectivity index (χ0) is 15.3. The van der Waals surface area contributed by atoms with E-state index in [-0.39, 0.29) is 18.0 Å². The van der Waals surface area contributed by atoms with Crippen LogP contribution in [0.3, 0.4) is 0 Å². The van der Waals surface area contributed by atoms with Gasteiger partial charge in [0.1, 0.15) is 6.04 Å². The van der Waals surface area contributed by atoms with Gasteiger partial charge in [-0.15, -0.1) is 0 Å². The van der Waals surface area contributed by atoms with Crippen LogP contribution in [0.25, 0.3) is 0 Å². The first-order chi connectivity index (χ1) is 10.6. The first-order valence-corrected chi connectivity index (χ1v) is 8.18. The summed E-state index contributed by atoms with van der Waals surface area (Å²) in [7, 11) is 0. The standard InChI is InChI=1S/C15H22N4O3/c1-9-16-14(22-17-9)13-7-11(20)8-19(13)15(21)12-3-2-6-18(12)10-4-5-10/h10-13,20H,2-8H2,1H3/t11-,12?,13+/m0/s1. The number of nitrogens with zero attached hydrogens (tertiary/aromatic N) is 4. The number of aromatic nitrogens is 2. The molecule has 2 saturated heterocycles. The van der Waals surface area contributed by atoms with E-state index in [0.29, 0.717) is 30.7 Å². The Morgan fingerprint density at radius 1 is 1.36 bits per heavy atom. The lowest BCUT2D eigenvalue weighted by Crippen LogP contribution is -2.46. The molecule has 7 nitrogen and oxygen atoms in total. The van der Waals surface area contributed by atoms with Crippen molar-refractivity contribution in [2.75, 3.05) is 13.1 Å². The normalized spacial score (nSPS) is 32.8. The van der Waals surface area contributed by atoms with E-state index in [0.717, 1.165) is 19.4 Å². The maximum Gasteiger partial charge on any atom is 0.249 e. The summed E-state index contributed by atoms with van der Waals surface area (Å²) < 4.78 is 5.25. The maximum absolute atomic E-state index is 13.0. The summed E-state index contributed by atoms with van der Waals surface area (Å²) in [6.07, 6.45) is 4.36. The fraction of sp³-hybridized carbons (Fsp3) is 0.800. The second-order valence-electron chi connectivity index (χ2n) is 6.70. The molecule has 22 heavy (non-hydrogen) atoms. The average molecular weight is 306 g/mol. The van der Waals surface area contributed by atoms with Crippen LogP contribution in [-0.2, 0) is 4.79 Å². The Hall–Kier alpha value is -1.47. The van der Waals surface area contributed by atoms with Gasteiger partial charge in [-0.1, -0.05) is 5.16 Å². The molecule has 1 unspecified atom stereocenters. The van der Waals surface area contributed by atoms with E-state index in [2.05, 4.69) is 15.0 Å². The van der Waals surface area contributed by atoms with Crippen molar-refractivity contribution in [2.24, 2.45) is 0 Å². The van der Waals surface area contributed by atoms with Gasteiger partial charge in [-0.05, 0) is 39.2 Å². The fourth-order valence-electron chi connectivity index (χ4n) is 3.83. The number of aliphatic hydroxyl groups excluding tert-OH is 1. The number of amides is 1. The van der Waals surface area contributed by atoms with E-state index in [9.17, 15) is 9.90 Å². The molecule has 1 aromatic rings. The Morgan fingerprint density at radius 2 is 2.18 bits per heavy atom. The van der Waals surface area contributed by atoms with Crippen molar-refractivity contribution in [2.45, 2.75) is 63.3 Å². The molecule has 3 heterocycles. The molecule has 0 bridgehead atoms. The third-order valence-corrected chi connectivity index (χ3v) is 4.99. The molecule has 3 atom stereocenters. The third kappa shape index (κ3) is 2.42. The lowest BCUT2D eigenvalue weighted by molar-refractivity contribution is -0.138. The summed E-state index contributed by atoms with van der Waals surface area (Å²) in [6, 6.07) is 0.266. The number of aryl methyl sites for hydroxylation is 1. The van der Waals surface area contributed by atoms with Gasteiger partial charge in [0.05, 0.1) is 12.1 Å². The minimum absolute atomic E-state index is 0.0377. The maximum atomic E-state index is 13.0. The topological polar surface area (TPSA) is 82.7 Å². The van der Waals surface area contributed by atoms with Gasteiger partial charge in [-0.25, -0.2) is 0 Å². The molecule has 2 aliphatic heterocycles. The second-order valence-corrected chi connectivity index (χ2v) is 6.70. The van der Waals surface area contributed by atoms with E-state index in [1.165, 1.54) is 12.8 Å². The highest BCUT2D eigenvalue weighted by Gasteiger charge is 2.46. The van der Waals surface area contributed by atoms with Crippen LogP contribution in [0, 0.1) is 6.92 Å². The van der Waals surface area contributed by atoms with E-state index in [1.807, 2.05) is 0 Å². The van der Waals surface area contributed by atoms with Gasteiger partial charge in [0.15, 0.2) is 5.82 Å². The van der Waals surface area contributed by atoms with Gasteiger partial charge in [0.2, 0.25) is 11.8 Å². The molecule has 1 N–H and O–H groups in total. The van der Waals surface area contributed by atoms with Gasteiger partial charge in [0, 0.05) is 19.0 Å². The number of rotatable bonds is 3. The number of hydrogen-bond donors (Lipinski definition) is 1. The lowest BCUT2D eigenvalue weighted by atomic mass is 10.1. The minimum Gasteiger partial charge on any atom is -0.391 e. The number of carbonyl (C=O) groups excluding carboxylic acids is 1. The Morgan fingerprint density at radius 3 is 2.86 bits per heavy atom. The van der Waals surface area contributed by atoms with Gasteiger partial charge >= 0.3 is 0 Å². The first kappa shape index (κ1) is 14.1. The molecule has 7 heteroatoms. The molecule has 1 saturated carbocycles. The SMILES string of the molecule is Cc1noc([C@H]2C[C@H](O)CN2C(=O)C2CCCN2C2CC2)n1. The van der Waals surface area contributed by atoms with E-state index >= 15 is 0 Å². The average Bonchev–Trinajstić information content (AvgIpc) is 2.91. The van der Waals surface area contributed by atoms with Crippen LogP contribution in [-0.4, -0.2) is 62.2 Å². The number of carbonyl (C=O) groups is 1. The number of aliphatic hydroxyl groups is 1. The second kappa shape index (κ2) is 5.31. The summed E-state index contributed by atoms with van der Waals surface area (Å²) in [5, 5.41) is 13.8. The van der Waals surface area contributed by atoms with Crippen molar-refractivity contribution in [3.05, 3.63) is 11.7 Å². The lowest BCUT2D eigenvalue weighted by Gasteiger charge is -2.30. The van der Waals surface area contributed by atoms with Crippen molar-refractivity contribution in [3.63, 3.8) is 0 Å². The van der Waals surface area contributed by atoms with Crippen molar-refractivity contribution in [3.8, 4) is 0 Å². The monoisotopic (exact) mass is 306 g/mol. The van der Waals surface area contributed by atoms with E-state index < -0.39 is 6.10 Å². The highest BCUT2D eigenvalue weighted by molar-refractivity contribution is 5.83. The summed E-state index contributed by atoms with van der Waals surface area (Å²) in [5.41, 5.74) is 0. The van der Waals surface area contributed by atoms with Crippen molar-refractivity contribution >= 4 is 5.91 Å². The Bertz CT molecular complexity index is 571. The Kier molecular flexibility index (Phi) is 3.41. The summed E-state index contributed by atoms with van der Waals surface area (Å²) in [4.78, 5) is 21.4. The van der Waals surface area contributed by atoms with Crippen LogP contribution in [0.4, 0.5) is 0 Å². The van der Waals surface area contributed by atoms with Gasteiger partial charge in [0.25, 0.3) is 0 Å². The van der Waals surface area contributed by atoms with Crippen LogP contribution in [0.5, 0.6) is 0 Å². The summed E-state index contributed by atoms with van der Waals surface area (Å²) >= 11 is 0. The minimum atomic E-state index is -0.517. The number of hydrogen-bond acceptors (Lipinski definition) is 6. The molecule has 1 aromatic heterocycles. The Labute approximate surface area is 129 Å². The molecule has 1 aliphatic carbocycles. The zero-order valence-corrected chi connectivity index (χ0v) is 12.8. The van der Waals surface area contributed by atoms with Crippen LogP contribution in [0.2, 0.25) is 0 Å². The molecule has 120 valence electrons. The van der Waals surface area contributed by atoms with E-state index in [1.54, 1.807) is 11.8 Å². The molecular weight excluding hydrogens is 284 g/mol. The third-order valence-electron chi connectivity index (χ3n) is 4.99. The molecule has 1 amide bonds. The molecule has 0 spiro atoms. The van der Waals surface area contributed by atoms with E-state index in [4.69, 9.17) is 4.52 Å². The number of β-amino-alcohol motifs (C(OH)–C–C–N with tert-alkyl or cyclic N) is 1. The Balaban J connectivity index is 1.55. The zero-order valence-electron chi connectivity index (χ0n) is 12.8. The molecule has 3 fully saturated rings. The van der Waals surface area contributed by atoms with Crippen LogP contribution in [0.1, 0.15) is 49.9 Å². The molecule has 0 aromatic carbocycles. The highest BCUT2D eigenvalue weighted by atomic mass is 16.5. The molecular formula is C15H22N4O3. The quantitative estimate of drug-likeness (QED) is 0.882. The predicted octanol–water partition coefficient (Wildman–Crippen LogP) is 0.639. The van der Waals surface area contributed by atoms with Crippen molar-refractivity contribution < 1.29 is 14.4 Å². The largest absolute Gasteiger partial charge is 0.391 e. The number of likely N-dealkylation sites (tertiary alicyclic amines) is 2. The van der Waals surface area contributed by atoms with Gasteiger partial charge < -0.3 is 14.5 Å². The van der Waals surface area contributed by atoms with Gasteiger partial charge in [-0.2, -0.15) is 4.98 Å². The molecule has 3 aliphatic rings. The first-order valence-electron chi connectivity index (χ1n) is 8.18. The summed E-state index contributed by atoms with van der Waals surface area (Å²) in [6.45, 7) is 3.14.